The number of nitrogens with zero attached hydrogens (tertiary/aromatic N) is 2. The third-order valence-electron chi connectivity index (χ3n) is 4.28. The zero-order valence-electron chi connectivity index (χ0n) is 14.5. The molecule has 0 saturated carbocycles. The monoisotopic (exact) mass is 393 g/mol. The molecule has 1 fully saturated rings. The van der Waals surface area contributed by atoms with Crippen LogP contribution in [0, 0.1) is 0 Å². The Morgan fingerprint density at radius 1 is 1.04 bits per heavy atom. The van der Waals surface area contributed by atoms with Crippen LogP contribution in [0.4, 0.5) is 11.4 Å². The lowest BCUT2D eigenvalue weighted by Crippen LogP contribution is -2.44. The third-order valence-corrected chi connectivity index (χ3v) is 5.02. The number of likely N-dealkylation sites (N-methyl/N-ethyl adjacent to an activating group) is 1. The summed E-state index contributed by atoms with van der Waals surface area (Å²) in [5.41, 5.74) is 1.91. The second-order valence-electron chi connectivity index (χ2n) is 6.25. The summed E-state index contributed by atoms with van der Waals surface area (Å²) in [5, 5.41) is 3.67. The van der Waals surface area contributed by atoms with Crippen LogP contribution in [0.15, 0.2) is 42.5 Å². The molecule has 138 valence electrons. The molecule has 1 saturated heterocycles. The largest absolute Gasteiger partial charge is 0.484 e. The molecule has 2 aromatic carbocycles. The number of hydrogen-bond acceptors (Lipinski definition) is 4. The molecule has 1 aliphatic rings. The average Bonchev–Trinajstić information content (AvgIpc) is 2.64. The molecule has 1 aliphatic heterocycles. The van der Waals surface area contributed by atoms with Gasteiger partial charge < -0.3 is 19.9 Å². The van der Waals surface area contributed by atoms with E-state index in [1.807, 2.05) is 24.3 Å². The van der Waals surface area contributed by atoms with E-state index >= 15 is 0 Å². The maximum atomic E-state index is 12.0. The minimum Gasteiger partial charge on any atom is -0.484 e. The van der Waals surface area contributed by atoms with Crippen LogP contribution in [0.5, 0.6) is 5.75 Å². The molecule has 0 atom stereocenters. The molecule has 0 radical (unpaired) electrons. The number of halogens is 2. The predicted molar refractivity (Wildman–Crippen MR) is 107 cm³/mol. The Morgan fingerprint density at radius 3 is 2.38 bits per heavy atom. The van der Waals surface area contributed by atoms with Crippen LogP contribution in [-0.2, 0) is 4.79 Å². The Labute approximate surface area is 163 Å². The molecular weight excluding hydrogens is 373 g/mol. The molecule has 0 aliphatic carbocycles. The van der Waals surface area contributed by atoms with Crippen LogP contribution >= 0.6 is 23.2 Å². The highest BCUT2D eigenvalue weighted by atomic mass is 35.5. The first-order chi connectivity index (χ1) is 12.5. The molecule has 5 nitrogen and oxygen atoms in total. The summed E-state index contributed by atoms with van der Waals surface area (Å²) in [6, 6.07) is 12.8. The first-order valence-corrected chi connectivity index (χ1v) is 9.18. The van der Waals surface area contributed by atoms with E-state index in [0.29, 0.717) is 15.8 Å². The molecule has 1 heterocycles. The Bertz CT molecular complexity index is 760. The van der Waals surface area contributed by atoms with Crippen molar-refractivity contribution < 1.29 is 9.53 Å². The van der Waals surface area contributed by atoms with Crippen molar-refractivity contribution in [2.24, 2.45) is 0 Å². The number of anilines is 2. The number of carbonyl (C=O) groups excluding carboxylic acids is 1. The predicted octanol–water partition coefficient (Wildman–Crippen LogP) is 3.76. The molecule has 1 amide bonds. The normalized spacial score (nSPS) is 15.0. The summed E-state index contributed by atoms with van der Waals surface area (Å²) in [5.74, 6) is 0.267. The topological polar surface area (TPSA) is 44.8 Å². The van der Waals surface area contributed by atoms with Crippen molar-refractivity contribution >= 4 is 40.5 Å². The van der Waals surface area contributed by atoms with Gasteiger partial charge in [0.2, 0.25) is 0 Å². The fourth-order valence-electron chi connectivity index (χ4n) is 2.73. The maximum Gasteiger partial charge on any atom is 0.262 e. The standard InChI is InChI=1S/C19H21Cl2N3O2/c1-23-8-10-24(11-9-23)15-4-2-14(3-5-15)22-19(25)13-26-16-6-7-17(20)18(21)12-16/h2-7,12H,8-11,13H2,1H3,(H,22,25). The number of benzene rings is 2. The molecule has 1 N–H and O–H groups in total. The quantitative estimate of drug-likeness (QED) is 0.839. The lowest BCUT2D eigenvalue weighted by molar-refractivity contribution is -0.118. The van der Waals surface area contributed by atoms with E-state index in [1.165, 1.54) is 5.69 Å². The van der Waals surface area contributed by atoms with E-state index in [1.54, 1.807) is 18.2 Å². The van der Waals surface area contributed by atoms with Crippen LogP contribution in [0.3, 0.4) is 0 Å². The van der Waals surface area contributed by atoms with Gasteiger partial charge in [0, 0.05) is 43.6 Å². The Hall–Kier alpha value is -1.95. The lowest BCUT2D eigenvalue weighted by Gasteiger charge is -2.34. The number of nitrogens with one attached hydrogen (secondary N) is 1. The van der Waals surface area contributed by atoms with Gasteiger partial charge in [0.05, 0.1) is 10.0 Å². The fraction of sp³-hybridized carbons (Fsp3) is 0.316. The van der Waals surface area contributed by atoms with Gasteiger partial charge in [-0.1, -0.05) is 23.2 Å². The number of amides is 1. The summed E-state index contributed by atoms with van der Waals surface area (Å²) in [6.07, 6.45) is 0. The molecule has 26 heavy (non-hydrogen) atoms. The first-order valence-electron chi connectivity index (χ1n) is 8.42. The highest BCUT2D eigenvalue weighted by Gasteiger charge is 2.14. The summed E-state index contributed by atoms with van der Waals surface area (Å²) in [4.78, 5) is 16.7. The highest BCUT2D eigenvalue weighted by Crippen LogP contribution is 2.26. The minimum absolute atomic E-state index is 0.0990. The van der Waals surface area contributed by atoms with Gasteiger partial charge in [0.1, 0.15) is 5.75 Å². The molecular formula is C19H21Cl2N3O2. The van der Waals surface area contributed by atoms with Crippen molar-refractivity contribution in [3.05, 3.63) is 52.5 Å². The van der Waals surface area contributed by atoms with Crippen LogP contribution in [-0.4, -0.2) is 50.6 Å². The van der Waals surface area contributed by atoms with E-state index in [-0.39, 0.29) is 12.5 Å². The summed E-state index contributed by atoms with van der Waals surface area (Å²) >= 11 is 11.8. The fourth-order valence-corrected chi connectivity index (χ4v) is 3.02. The van der Waals surface area contributed by atoms with E-state index in [0.717, 1.165) is 31.9 Å². The van der Waals surface area contributed by atoms with Crippen LogP contribution in [0.25, 0.3) is 0 Å². The van der Waals surface area contributed by atoms with Crippen molar-refractivity contribution in [3.63, 3.8) is 0 Å². The lowest BCUT2D eigenvalue weighted by atomic mass is 10.2. The molecule has 0 spiro atoms. The molecule has 0 bridgehead atoms. The van der Waals surface area contributed by atoms with Gasteiger partial charge in [-0.15, -0.1) is 0 Å². The third kappa shape index (κ3) is 5.04. The van der Waals surface area contributed by atoms with Crippen LogP contribution in [0.2, 0.25) is 10.0 Å². The number of carbonyl (C=O) groups is 1. The first kappa shape index (κ1) is 18.8. The van der Waals surface area contributed by atoms with Gasteiger partial charge in [-0.25, -0.2) is 0 Å². The van der Waals surface area contributed by atoms with Gasteiger partial charge in [-0.2, -0.15) is 0 Å². The smallest absolute Gasteiger partial charge is 0.262 e. The number of piperazine rings is 1. The number of rotatable bonds is 5. The second-order valence-corrected chi connectivity index (χ2v) is 7.06. The molecule has 3 rings (SSSR count). The van der Waals surface area contributed by atoms with Crippen LogP contribution in [0.1, 0.15) is 0 Å². The van der Waals surface area contributed by atoms with Crippen molar-refractivity contribution in [2.75, 3.05) is 50.1 Å². The number of hydrogen-bond donors (Lipinski definition) is 1. The summed E-state index contributed by atoms with van der Waals surface area (Å²) in [6.45, 7) is 4.05. The van der Waals surface area contributed by atoms with Gasteiger partial charge in [0.25, 0.3) is 5.91 Å². The number of ether oxygens (including phenoxy) is 1. The van der Waals surface area contributed by atoms with Gasteiger partial charge in [0.15, 0.2) is 6.61 Å². The van der Waals surface area contributed by atoms with Gasteiger partial charge in [-0.05, 0) is 43.4 Å². The van der Waals surface area contributed by atoms with E-state index in [2.05, 4.69) is 22.2 Å². The average molecular weight is 394 g/mol. The van der Waals surface area contributed by atoms with Crippen molar-refractivity contribution in [1.82, 2.24) is 4.90 Å². The van der Waals surface area contributed by atoms with E-state index in [4.69, 9.17) is 27.9 Å². The highest BCUT2D eigenvalue weighted by molar-refractivity contribution is 6.42. The molecule has 0 aromatic heterocycles. The van der Waals surface area contributed by atoms with Crippen LogP contribution < -0.4 is 15.0 Å². The second kappa shape index (κ2) is 8.62. The SMILES string of the molecule is CN1CCN(c2ccc(NC(=O)COc3ccc(Cl)c(Cl)c3)cc2)CC1. The molecule has 2 aromatic rings. The van der Waals surface area contributed by atoms with E-state index < -0.39 is 0 Å². The molecule has 7 heteroatoms. The summed E-state index contributed by atoms with van der Waals surface area (Å²) < 4.78 is 5.44. The van der Waals surface area contributed by atoms with Gasteiger partial charge >= 0.3 is 0 Å². The van der Waals surface area contributed by atoms with Crippen molar-refractivity contribution in [1.29, 1.82) is 0 Å². The van der Waals surface area contributed by atoms with Crippen molar-refractivity contribution in [3.8, 4) is 5.75 Å². The Morgan fingerprint density at radius 2 is 1.73 bits per heavy atom. The zero-order valence-corrected chi connectivity index (χ0v) is 16.1. The Balaban J connectivity index is 1.50. The van der Waals surface area contributed by atoms with Gasteiger partial charge in [-0.3, -0.25) is 4.79 Å². The summed E-state index contributed by atoms with van der Waals surface area (Å²) in [7, 11) is 2.13. The molecule has 0 unspecified atom stereocenters. The Kier molecular flexibility index (Phi) is 6.25. The van der Waals surface area contributed by atoms with E-state index in [9.17, 15) is 4.79 Å². The zero-order chi connectivity index (χ0) is 18.5. The maximum absolute atomic E-state index is 12.0. The minimum atomic E-state index is -0.233. The van der Waals surface area contributed by atoms with Crippen molar-refractivity contribution in [2.45, 2.75) is 0 Å².